The third-order valence-corrected chi connectivity index (χ3v) is 4.70. The predicted molar refractivity (Wildman–Crippen MR) is 106 cm³/mol. The lowest BCUT2D eigenvalue weighted by atomic mass is 10.1. The molecule has 3 nitrogen and oxygen atoms in total. The minimum Gasteiger partial charge on any atom is -0.485 e. The summed E-state index contributed by atoms with van der Waals surface area (Å²) in [5, 5.41) is 0.946. The molecular formula is C21H19Cl2NO2. The summed E-state index contributed by atoms with van der Waals surface area (Å²) >= 11 is 11.9. The first-order chi connectivity index (χ1) is 12.4. The summed E-state index contributed by atoms with van der Waals surface area (Å²) in [5.74, 6) is 0.405. The van der Waals surface area contributed by atoms with E-state index in [4.69, 9.17) is 27.9 Å². The molecular weight excluding hydrogens is 369 g/mol. The van der Waals surface area contributed by atoms with Gasteiger partial charge in [-0.25, -0.2) is 0 Å². The van der Waals surface area contributed by atoms with Crippen molar-refractivity contribution in [3.8, 4) is 5.75 Å². The third kappa shape index (κ3) is 4.29. The van der Waals surface area contributed by atoms with Gasteiger partial charge in [-0.1, -0.05) is 53.5 Å². The standard InChI is InChI=1S/C21H19Cl2NO2/c1-14-8-20(15(2)24(14)12-16-6-4-3-5-7-16)21(25)13-26-19-10-17(22)9-18(23)11-19/h3-11H,12-13H2,1-2H3. The maximum atomic E-state index is 12.6. The van der Waals surface area contributed by atoms with Crippen molar-refractivity contribution >= 4 is 29.0 Å². The van der Waals surface area contributed by atoms with Gasteiger partial charge in [0, 0.05) is 33.5 Å². The Labute approximate surface area is 163 Å². The van der Waals surface area contributed by atoms with Gasteiger partial charge >= 0.3 is 0 Å². The fraction of sp³-hybridized carbons (Fsp3) is 0.190. The normalized spacial score (nSPS) is 10.8. The van der Waals surface area contributed by atoms with Crippen molar-refractivity contribution in [2.24, 2.45) is 0 Å². The Morgan fingerprint density at radius 2 is 1.65 bits per heavy atom. The van der Waals surface area contributed by atoms with Crippen LogP contribution in [0.3, 0.4) is 0 Å². The second kappa shape index (κ2) is 7.98. The largest absolute Gasteiger partial charge is 0.485 e. The summed E-state index contributed by atoms with van der Waals surface area (Å²) in [7, 11) is 0. The van der Waals surface area contributed by atoms with E-state index in [1.165, 1.54) is 5.56 Å². The third-order valence-electron chi connectivity index (χ3n) is 4.26. The molecule has 3 aromatic rings. The quantitative estimate of drug-likeness (QED) is 0.506. The number of halogens is 2. The Morgan fingerprint density at radius 3 is 2.31 bits per heavy atom. The van der Waals surface area contributed by atoms with Crippen LogP contribution in [0.5, 0.6) is 5.75 Å². The van der Waals surface area contributed by atoms with Gasteiger partial charge in [0.2, 0.25) is 5.78 Å². The molecule has 0 aliphatic carbocycles. The molecule has 0 unspecified atom stereocenters. The zero-order valence-corrected chi connectivity index (χ0v) is 16.1. The molecule has 1 aromatic heterocycles. The Morgan fingerprint density at radius 1 is 1.00 bits per heavy atom. The molecule has 26 heavy (non-hydrogen) atoms. The zero-order valence-electron chi connectivity index (χ0n) is 14.6. The fourth-order valence-electron chi connectivity index (χ4n) is 2.93. The van der Waals surface area contributed by atoms with Gasteiger partial charge in [-0.2, -0.15) is 0 Å². The first kappa shape index (κ1) is 18.6. The zero-order chi connectivity index (χ0) is 18.7. The molecule has 134 valence electrons. The number of nitrogens with zero attached hydrogens (tertiary/aromatic N) is 1. The van der Waals surface area contributed by atoms with Gasteiger partial charge in [0.05, 0.1) is 0 Å². The van der Waals surface area contributed by atoms with E-state index in [0.717, 1.165) is 17.9 Å². The van der Waals surface area contributed by atoms with Crippen LogP contribution >= 0.6 is 23.2 Å². The van der Waals surface area contributed by atoms with Gasteiger partial charge < -0.3 is 9.30 Å². The fourth-order valence-corrected chi connectivity index (χ4v) is 3.44. The van der Waals surface area contributed by atoms with Crippen LogP contribution in [0.15, 0.2) is 54.6 Å². The first-order valence-corrected chi connectivity index (χ1v) is 9.02. The Balaban J connectivity index is 1.74. The van der Waals surface area contributed by atoms with Crippen molar-refractivity contribution in [2.75, 3.05) is 6.61 Å². The van der Waals surface area contributed by atoms with Crippen LogP contribution in [0.1, 0.15) is 27.3 Å². The number of hydrogen-bond donors (Lipinski definition) is 0. The lowest BCUT2D eigenvalue weighted by Gasteiger charge is -2.10. The van der Waals surface area contributed by atoms with Gasteiger partial charge in [0.25, 0.3) is 0 Å². The monoisotopic (exact) mass is 387 g/mol. The minimum atomic E-state index is -0.0755. The van der Waals surface area contributed by atoms with E-state index in [-0.39, 0.29) is 12.4 Å². The molecule has 0 amide bonds. The van der Waals surface area contributed by atoms with Crippen LogP contribution in [0, 0.1) is 13.8 Å². The number of ketones is 1. The summed E-state index contributed by atoms with van der Waals surface area (Å²) in [4.78, 5) is 12.6. The van der Waals surface area contributed by atoms with Crippen LogP contribution in [0.4, 0.5) is 0 Å². The molecule has 0 radical (unpaired) electrons. The lowest BCUT2D eigenvalue weighted by Crippen LogP contribution is -2.13. The molecule has 2 aromatic carbocycles. The maximum Gasteiger partial charge on any atom is 0.202 e. The molecule has 0 aliphatic rings. The highest BCUT2D eigenvalue weighted by Gasteiger charge is 2.16. The Hall–Kier alpha value is -2.23. The smallest absolute Gasteiger partial charge is 0.202 e. The highest BCUT2D eigenvalue weighted by Crippen LogP contribution is 2.25. The topological polar surface area (TPSA) is 31.2 Å². The van der Waals surface area contributed by atoms with Crippen molar-refractivity contribution in [1.82, 2.24) is 4.57 Å². The van der Waals surface area contributed by atoms with Gasteiger partial charge in [-0.3, -0.25) is 4.79 Å². The van der Waals surface area contributed by atoms with E-state index in [2.05, 4.69) is 16.7 Å². The van der Waals surface area contributed by atoms with Gasteiger partial charge in [-0.05, 0) is 43.7 Å². The summed E-state index contributed by atoms with van der Waals surface area (Å²) in [6.07, 6.45) is 0. The predicted octanol–water partition coefficient (Wildman–Crippen LogP) is 5.72. The molecule has 5 heteroatoms. The molecule has 0 fully saturated rings. The second-order valence-corrected chi connectivity index (χ2v) is 7.05. The maximum absolute atomic E-state index is 12.6. The molecule has 3 rings (SSSR count). The first-order valence-electron chi connectivity index (χ1n) is 8.27. The van der Waals surface area contributed by atoms with Crippen LogP contribution in [-0.2, 0) is 6.54 Å². The van der Waals surface area contributed by atoms with Crippen molar-refractivity contribution < 1.29 is 9.53 Å². The van der Waals surface area contributed by atoms with Gasteiger partial charge in [0.1, 0.15) is 5.75 Å². The van der Waals surface area contributed by atoms with Gasteiger partial charge in [-0.15, -0.1) is 0 Å². The number of hydrogen-bond acceptors (Lipinski definition) is 2. The molecule has 0 atom stereocenters. The van der Waals surface area contributed by atoms with E-state index in [1.54, 1.807) is 18.2 Å². The molecule has 0 saturated carbocycles. The molecule has 1 heterocycles. The Bertz CT molecular complexity index is 912. The van der Waals surface area contributed by atoms with E-state index >= 15 is 0 Å². The number of carbonyl (C=O) groups is 1. The number of carbonyl (C=O) groups excluding carboxylic acids is 1. The van der Waals surface area contributed by atoms with Crippen molar-refractivity contribution in [3.05, 3.63) is 87.2 Å². The Kier molecular flexibility index (Phi) is 5.70. The molecule has 0 aliphatic heterocycles. The van der Waals surface area contributed by atoms with Crippen LogP contribution in [0.25, 0.3) is 0 Å². The summed E-state index contributed by atoms with van der Waals surface area (Å²) in [6.45, 7) is 4.63. The van der Waals surface area contributed by atoms with Crippen LogP contribution < -0.4 is 4.74 Å². The number of benzene rings is 2. The van der Waals surface area contributed by atoms with Crippen molar-refractivity contribution in [3.63, 3.8) is 0 Å². The number of Topliss-reactive ketones (excluding diaryl/α,β-unsaturated/α-hetero) is 1. The summed E-state index contributed by atoms with van der Waals surface area (Å²) in [5.41, 5.74) is 3.84. The van der Waals surface area contributed by atoms with Crippen LogP contribution in [0.2, 0.25) is 10.0 Å². The number of aromatic nitrogens is 1. The average molecular weight is 388 g/mol. The van der Waals surface area contributed by atoms with Crippen molar-refractivity contribution in [1.29, 1.82) is 0 Å². The number of ether oxygens (including phenoxy) is 1. The highest BCUT2D eigenvalue weighted by molar-refractivity contribution is 6.34. The van der Waals surface area contributed by atoms with E-state index < -0.39 is 0 Å². The molecule has 0 saturated heterocycles. The van der Waals surface area contributed by atoms with E-state index in [0.29, 0.717) is 21.4 Å². The SMILES string of the molecule is Cc1cc(C(=O)COc2cc(Cl)cc(Cl)c2)c(C)n1Cc1ccccc1. The van der Waals surface area contributed by atoms with Crippen LogP contribution in [-0.4, -0.2) is 17.0 Å². The number of aryl methyl sites for hydroxylation is 1. The number of rotatable bonds is 6. The van der Waals surface area contributed by atoms with Crippen molar-refractivity contribution in [2.45, 2.75) is 20.4 Å². The second-order valence-electron chi connectivity index (χ2n) is 6.17. The average Bonchev–Trinajstić information content (AvgIpc) is 2.88. The summed E-state index contributed by atoms with van der Waals surface area (Å²) in [6, 6.07) is 17.0. The van der Waals surface area contributed by atoms with E-state index in [9.17, 15) is 4.79 Å². The van der Waals surface area contributed by atoms with Gasteiger partial charge in [0.15, 0.2) is 6.61 Å². The lowest BCUT2D eigenvalue weighted by molar-refractivity contribution is 0.0921. The van der Waals surface area contributed by atoms with E-state index in [1.807, 2.05) is 38.1 Å². The highest BCUT2D eigenvalue weighted by atomic mass is 35.5. The minimum absolute atomic E-state index is 0.0632. The molecule has 0 bridgehead atoms. The summed E-state index contributed by atoms with van der Waals surface area (Å²) < 4.78 is 7.72. The molecule has 0 spiro atoms. The molecule has 0 N–H and O–H groups in total.